The van der Waals surface area contributed by atoms with E-state index in [4.69, 9.17) is 0 Å². The van der Waals surface area contributed by atoms with Gasteiger partial charge in [-0.2, -0.15) is 0 Å². The van der Waals surface area contributed by atoms with E-state index in [-0.39, 0.29) is 18.6 Å². The van der Waals surface area contributed by atoms with E-state index in [2.05, 4.69) is 69.2 Å². The Hall–Kier alpha value is -1.50. The van der Waals surface area contributed by atoms with Crippen LogP contribution in [-0.2, 0) is 18.6 Å². The van der Waals surface area contributed by atoms with Gasteiger partial charge in [-0.25, -0.2) is 0 Å². The SMILES string of the molecule is Cc1c(C)c(C)c2c(c1C)-c1c(C)c(C)c(C)c3c(C)c(C)c(C)c-2c13.[V]. The van der Waals surface area contributed by atoms with Gasteiger partial charge < -0.3 is 0 Å². The zero-order valence-electron chi connectivity index (χ0n) is 18.4. The van der Waals surface area contributed by atoms with Crippen LogP contribution in [0.25, 0.3) is 33.0 Å². The molecule has 0 atom stereocenters. The van der Waals surface area contributed by atoms with Crippen LogP contribution in [0, 0.1) is 69.2 Å². The maximum Gasteiger partial charge on any atom is 0 e. The number of fused-ring (bicyclic) bond motifs is 3. The van der Waals surface area contributed by atoms with Gasteiger partial charge in [-0.1, -0.05) is 0 Å². The van der Waals surface area contributed by atoms with Gasteiger partial charge in [0.25, 0.3) is 0 Å². The summed E-state index contributed by atoms with van der Waals surface area (Å²) in [6.07, 6.45) is 0. The molecule has 4 rings (SSSR count). The monoisotopic (exact) mass is 393 g/mol. The summed E-state index contributed by atoms with van der Waals surface area (Å²) in [5.41, 5.74) is 20.6. The van der Waals surface area contributed by atoms with Gasteiger partial charge in [0.2, 0.25) is 0 Å². The molecule has 0 fully saturated rings. The zero-order chi connectivity index (χ0) is 19.2. The molecule has 0 heterocycles. The molecule has 27 heavy (non-hydrogen) atoms. The van der Waals surface area contributed by atoms with Gasteiger partial charge in [-0.05, 0) is 158 Å². The molecule has 1 radical (unpaired) electrons. The van der Waals surface area contributed by atoms with Crippen molar-refractivity contribution in [3.63, 3.8) is 0 Å². The summed E-state index contributed by atoms with van der Waals surface area (Å²) in [7, 11) is 0. The Morgan fingerprint density at radius 2 is 0.519 bits per heavy atom. The van der Waals surface area contributed by atoms with Crippen LogP contribution in [-0.4, -0.2) is 0 Å². The molecule has 3 aromatic carbocycles. The first-order chi connectivity index (χ1) is 12.1. The summed E-state index contributed by atoms with van der Waals surface area (Å²) in [6.45, 7) is 23.1. The first kappa shape index (κ1) is 20.2. The maximum absolute atomic E-state index is 2.32. The standard InChI is InChI=1S/C26H30.V/c1-11-12(2)18(8)23-22(17(11)7)24-19(9)13(3)15(5)21-16(6)14(4)20(10)25(23)26(21)24;/h1-10H3;. The number of rotatable bonds is 0. The maximum atomic E-state index is 2.32. The van der Waals surface area contributed by atoms with E-state index < -0.39 is 0 Å². The molecule has 0 aliphatic heterocycles. The van der Waals surface area contributed by atoms with Gasteiger partial charge in [0.15, 0.2) is 0 Å². The fraction of sp³-hybridized carbons (Fsp3) is 0.385. The Morgan fingerprint density at radius 1 is 0.259 bits per heavy atom. The molecule has 0 N–H and O–H groups in total. The van der Waals surface area contributed by atoms with E-state index in [1.54, 1.807) is 0 Å². The van der Waals surface area contributed by atoms with Crippen molar-refractivity contribution < 1.29 is 18.6 Å². The minimum atomic E-state index is 0. The van der Waals surface area contributed by atoms with Crippen LogP contribution in [0.1, 0.15) is 55.6 Å². The predicted octanol–water partition coefficient (Wildman–Crippen LogP) is 7.57. The normalized spacial score (nSPS) is 11.8. The second-order valence-corrected chi connectivity index (χ2v) is 8.50. The Balaban J connectivity index is 0.00000210. The Morgan fingerprint density at radius 3 is 0.852 bits per heavy atom. The van der Waals surface area contributed by atoms with Crippen molar-refractivity contribution in [1.82, 2.24) is 0 Å². The smallest absolute Gasteiger partial charge is 0 e. The summed E-state index contributed by atoms with van der Waals surface area (Å²) >= 11 is 0. The molecule has 0 nitrogen and oxygen atoms in total. The third-order valence-corrected chi connectivity index (χ3v) is 7.69. The summed E-state index contributed by atoms with van der Waals surface area (Å²) < 4.78 is 0. The van der Waals surface area contributed by atoms with Crippen LogP contribution >= 0.6 is 0 Å². The van der Waals surface area contributed by atoms with Gasteiger partial charge >= 0.3 is 0 Å². The average Bonchev–Trinajstić information content (AvgIpc) is 2.96. The van der Waals surface area contributed by atoms with Crippen molar-refractivity contribution >= 4 is 10.8 Å². The molecule has 1 heteroatoms. The van der Waals surface area contributed by atoms with Gasteiger partial charge in [-0.3, -0.25) is 0 Å². The van der Waals surface area contributed by atoms with Crippen molar-refractivity contribution in [2.45, 2.75) is 69.2 Å². The molecule has 0 unspecified atom stereocenters. The summed E-state index contributed by atoms with van der Waals surface area (Å²) in [5.74, 6) is 0. The Kier molecular flexibility index (Phi) is 4.69. The number of aryl methyl sites for hydroxylation is 2. The zero-order valence-corrected chi connectivity index (χ0v) is 19.8. The minimum Gasteiger partial charge on any atom is -0.0443 e. The van der Waals surface area contributed by atoms with E-state index in [0.717, 1.165) is 0 Å². The molecular formula is C26H30V. The first-order valence-corrected chi connectivity index (χ1v) is 9.75. The summed E-state index contributed by atoms with van der Waals surface area (Å²) in [5, 5.41) is 3.00. The van der Waals surface area contributed by atoms with Gasteiger partial charge in [-0.15, -0.1) is 0 Å². The van der Waals surface area contributed by atoms with Gasteiger partial charge in [0.05, 0.1) is 0 Å². The van der Waals surface area contributed by atoms with Crippen molar-refractivity contribution in [3.05, 3.63) is 55.6 Å². The van der Waals surface area contributed by atoms with Crippen LogP contribution in [0.3, 0.4) is 0 Å². The Labute approximate surface area is 176 Å². The molecule has 0 amide bonds. The molecule has 0 bridgehead atoms. The quantitative estimate of drug-likeness (QED) is 0.289. The van der Waals surface area contributed by atoms with E-state index in [1.807, 2.05) is 0 Å². The van der Waals surface area contributed by atoms with Gasteiger partial charge in [0.1, 0.15) is 0 Å². The molecule has 139 valence electrons. The average molecular weight is 393 g/mol. The van der Waals surface area contributed by atoms with Gasteiger partial charge in [0, 0.05) is 18.6 Å². The molecule has 3 aromatic rings. The van der Waals surface area contributed by atoms with E-state index in [1.165, 1.54) is 88.7 Å². The summed E-state index contributed by atoms with van der Waals surface area (Å²) in [4.78, 5) is 0. The fourth-order valence-electron chi connectivity index (χ4n) is 5.28. The van der Waals surface area contributed by atoms with Crippen LogP contribution < -0.4 is 0 Å². The van der Waals surface area contributed by atoms with E-state index in [0.29, 0.717) is 0 Å². The molecular weight excluding hydrogens is 363 g/mol. The third-order valence-electron chi connectivity index (χ3n) is 7.69. The number of hydrogen-bond acceptors (Lipinski definition) is 0. The first-order valence-electron chi connectivity index (χ1n) is 9.75. The minimum absolute atomic E-state index is 0. The van der Waals surface area contributed by atoms with E-state index in [9.17, 15) is 0 Å². The topological polar surface area (TPSA) is 0 Å². The second-order valence-electron chi connectivity index (χ2n) is 8.50. The molecule has 0 spiro atoms. The molecule has 0 saturated carbocycles. The van der Waals surface area contributed by atoms with Crippen LogP contribution in [0.5, 0.6) is 0 Å². The number of benzene rings is 3. The molecule has 0 saturated heterocycles. The summed E-state index contributed by atoms with van der Waals surface area (Å²) in [6, 6.07) is 0. The molecule has 1 aliphatic carbocycles. The second kappa shape index (κ2) is 6.26. The largest absolute Gasteiger partial charge is 0.0443 e. The number of hydrogen-bond donors (Lipinski definition) is 0. The third kappa shape index (κ3) is 2.24. The van der Waals surface area contributed by atoms with Crippen molar-refractivity contribution in [2.24, 2.45) is 0 Å². The van der Waals surface area contributed by atoms with E-state index >= 15 is 0 Å². The Bertz CT molecular complexity index is 1070. The van der Waals surface area contributed by atoms with Crippen molar-refractivity contribution in [3.8, 4) is 22.3 Å². The predicted molar refractivity (Wildman–Crippen MR) is 116 cm³/mol. The van der Waals surface area contributed by atoms with Crippen molar-refractivity contribution in [2.75, 3.05) is 0 Å². The van der Waals surface area contributed by atoms with Crippen molar-refractivity contribution in [1.29, 1.82) is 0 Å². The van der Waals surface area contributed by atoms with Crippen LogP contribution in [0.4, 0.5) is 0 Å². The molecule has 1 aliphatic rings. The van der Waals surface area contributed by atoms with Crippen LogP contribution in [0.15, 0.2) is 0 Å². The van der Waals surface area contributed by atoms with Crippen LogP contribution in [0.2, 0.25) is 0 Å². The fourth-order valence-corrected chi connectivity index (χ4v) is 5.28. The molecule has 0 aromatic heterocycles.